The van der Waals surface area contributed by atoms with Crippen LogP contribution in [-0.2, 0) is 9.53 Å². The van der Waals surface area contributed by atoms with Crippen molar-refractivity contribution < 1.29 is 14.3 Å². The van der Waals surface area contributed by atoms with E-state index in [2.05, 4.69) is 20.9 Å². The van der Waals surface area contributed by atoms with Crippen LogP contribution in [-0.4, -0.2) is 47.1 Å². The lowest BCUT2D eigenvalue weighted by molar-refractivity contribution is -0.121. The summed E-state index contributed by atoms with van der Waals surface area (Å²) in [6, 6.07) is 3.60. The van der Waals surface area contributed by atoms with Crippen molar-refractivity contribution in [1.29, 1.82) is 0 Å². The molecule has 0 aliphatic carbocycles. The van der Waals surface area contributed by atoms with Crippen LogP contribution in [0.25, 0.3) is 0 Å². The van der Waals surface area contributed by atoms with Gasteiger partial charge in [0, 0.05) is 23.8 Å². The summed E-state index contributed by atoms with van der Waals surface area (Å²) in [5.74, 6) is 0.425. The highest BCUT2D eigenvalue weighted by Gasteiger charge is 2.31. The summed E-state index contributed by atoms with van der Waals surface area (Å²) < 4.78 is 6.13. The quantitative estimate of drug-likeness (QED) is 0.775. The highest BCUT2D eigenvalue weighted by atomic mass is 79.9. The van der Waals surface area contributed by atoms with Gasteiger partial charge < -0.3 is 4.74 Å². The number of ether oxygens (including phenoxy) is 1. The predicted octanol–water partition coefficient (Wildman–Crippen LogP) is 2.43. The first-order valence-electron chi connectivity index (χ1n) is 6.66. The molecule has 2 heterocycles. The van der Waals surface area contributed by atoms with Crippen LogP contribution in [0.3, 0.4) is 0 Å². The first-order valence-corrected chi connectivity index (χ1v) is 7.45. The molecule has 1 aromatic heterocycles. The number of pyridine rings is 1. The number of amides is 2. The topological polar surface area (TPSA) is 62.7 Å². The van der Waals surface area contributed by atoms with Gasteiger partial charge in [-0.05, 0) is 48.8 Å². The van der Waals surface area contributed by atoms with E-state index < -0.39 is 11.7 Å². The van der Waals surface area contributed by atoms with E-state index in [1.165, 1.54) is 4.90 Å². The molecule has 0 spiro atoms. The average Bonchev–Trinajstić information content (AvgIpc) is 2.38. The fraction of sp³-hybridized carbons (Fsp3) is 0.500. The first-order chi connectivity index (χ1) is 9.76. The molecule has 0 saturated carbocycles. The Bertz CT molecular complexity index is 539. The van der Waals surface area contributed by atoms with Crippen LogP contribution in [0.15, 0.2) is 22.8 Å². The molecule has 6 nitrogen and oxygen atoms in total. The van der Waals surface area contributed by atoms with Gasteiger partial charge in [0.05, 0.1) is 0 Å². The summed E-state index contributed by atoms with van der Waals surface area (Å²) in [7, 11) is 0. The molecule has 7 heteroatoms. The Labute approximate surface area is 132 Å². The number of hydrogen-bond acceptors (Lipinski definition) is 4. The molecule has 1 aromatic rings. The summed E-state index contributed by atoms with van der Waals surface area (Å²) in [6.45, 7) is 6.25. The van der Waals surface area contributed by atoms with E-state index in [0.717, 1.165) is 4.47 Å². The number of halogens is 1. The van der Waals surface area contributed by atoms with Crippen molar-refractivity contribution in [3.05, 3.63) is 22.8 Å². The second-order valence-corrected chi connectivity index (χ2v) is 6.70. The van der Waals surface area contributed by atoms with E-state index >= 15 is 0 Å². The van der Waals surface area contributed by atoms with Crippen LogP contribution in [0.1, 0.15) is 20.8 Å². The van der Waals surface area contributed by atoms with Crippen molar-refractivity contribution in [3.8, 4) is 0 Å². The summed E-state index contributed by atoms with van der Waals surface area (Å²) in [4.78, 5) is 31.3. The van der Waals surface area contributed by atoms with Crippen molar-refractivity contribution in [3.63, 3.8) is 0 Å². The largest absolute Gasteiger partial charge is 0.444 e. The normalized spacial score (nSPS) is 16.1. The lowest BCUT2D eigenvalue weighted by atomic mass is 10.2. The zero-order valence-electron chi connectivity index (χ0n) is 12.3. The van der Waals surface area contributed by atoms with Gasteiger partial charge in [-0.2, -0.15) is 0 Å². The van der Waals surface area contributed by atoms with Crippen molar-refractivity contribution >= 4 is 33.7 Å². The molecule has 0 unspecified atom stereocenters. The predicted molar refractivity (Wildman–Crippen MR) is 82.1 cm³/mol. The fourth-order valence-electron chi connectivity index (χ4n) is 1.93. The van der Waals surface area contributed by atoms with Crippen LogP contribution in [0.4, 0.5) is 10.6 Å². The van der Waals surface area contributed by atoms with Gasteiger partial charge >= 0.3 is 6.09 Å². The molecule has 0 radical (unpaired) electrons. The van der Waals surface area contributed by atoms with Gasteiger partial charge in [0.15, 0.2) is 0 Å². The Morgan fingerprint density at radius 2 is 2.05 bits per heavy atom. The molecule has 0 bridgehead atoms. The minimum Gasteiger partial charge on any atom is -0.444 e. The van der Waals surface area contributed by atoms with Crippen LogP contribution in [0.2, 0.25) is 0 Å². The minimum atomic E-state index is -0.565. The van der Waals surface area contributed by atoms with Gasteiger partial charge in [-0.25, -0.2) is 9.78 Å². The van der Waals surface area contributed by atoms with E-state index in [1.807, 2.05) is 6.07 Å². The van der Waals surface area contributed by atoms with Crippen LogP contribution >= 0.6 is 15.9 Å². The Hall–Kier alpha value is -1.63. The van der Waals surface area contributed by atoms with Crippen LogP contribution in [0.5, 0.6) is 0 Å². The fourth-order valence-corrected chi connectivity index (χ4v) is 2.16. The Morgan fingerprint density at radius 3 is 2.57 bits per heavy atom. The number of carbonyl (C=O) groups is 2. The maximum Gasteiger partial charge on any atom is 0.410 e. The molecule has 0 N–H and O–H groups in total. The molecule has 21 heavy (non-hydrogen) atoms. The van der Waals surface area contributed by atoms with E-state index in [4.69, 9.17) is 4.74 Å². The smallest absolute Gasteiger partial charge is 0.410 e. The number of carbonyl (C=O) groups excluding carboxylic acids is 2. The Balaban J connectivity index is 2.01. The number of aromatic nitrogens is 1. The second-order valence-electron chi connectivity index (χ2n) is 5.78. The van der Waals surface area contributed by atoms with Crippen LogP contribution < -0.4 is 4.90 Å². The maximum absolute atomic E-state index is 12.2. The number of anilines is 1. The highest BCUT2D eigenvalue weighted by molar-refractivity contribution is 9.10. The summed E-state index contributed by atoms with van der Waals surface area (Å²) in [5.41, 5.74) is -0.565. The third kappa shape index (κ3) is 4.17. The summed E-state index contributed by atoms with van der Waals surface area (Å²) in [5, 5.41) is 0. The molecule has 1 saturated heterocycles. The van der Waals surface area contributed by atoms with E-state index in [0.29, 0.717) is 18.9 Å². The number of piperazine rings is 1. The van der Waals surface area contributed by atoms with Crippen LogP contribution in [0, 0.1) is 0 Å². The van der Waals surface area contributed by atoms with Gasteiger partial charge in [0.2, 0.25) is 5.91 Å². The molecule has 0 atom stereocenters. The zero-order chi connectivity index (χ0) is 15.6. The Kier molecular flexibility index (Phi) is 4.51. The molecule has 114 valence electrons. The van der Waals surface area contributed by atoms with Gasteiger partial charge in [0.1, 0.15) is 18.0 Å². The van der Waals surface area contributed by atoms with Crippen molar-refractivity contribution in [1.82, 2.24) is 9.88 Å². The molecule has 2 amide bonds. The summed E-state index contributed by atoms with van der Waals surface area (Å²) >= 11 is 3.31. The maximum atomic E-state index is 12.2. The second kappa shape index (κ2) is 6.01. The Morgan fingerprint density at radius 1 is 1.33 bits per heavy atom. The molecule has 0 aromatic carbocycles. The zero-order valence-corrected chi connectivity index (χ0v) is 13.9. The van der Waals surface area contributed by atoms with E-state index in [-0.39, 0.29) is 12.5 Å². The standard InChI is InChI=1S/C14H18BrN3O3/c1-14(2,3)21-13(20)17-6-7-18(12(19)9-17)11-5-4-10(15)8-16-11/h4-5,8H,6-7,9H2,1-3H3. The van der Waals surface area contributed by atoms with E-state index in [1.54, 1.807) is 37.9 Å². The molecule has 1 aliphatic heterocycles. The van der Waals surface area contributed by atoms with E-state index in [9.17, 15) is 9.59 Å². The third-order valence-corrected chi connectivity index (χ3v) is 3.33. The molecule has 2 rings (SSSR count). The van der Waals surface area contributed by atoms with Gasteiger partial charge in [0.25, 0.3) is 0 Å². The molecule has 1 aliphatic rings. The number of hydrogen-bond donors (Lipinski definition) is 0. The number of nitrogens with zero attached hydrogens (tertiary/aromatic N) is 3. The lowest BCUT2D eigenvalue weighted by Crippen LogP contribution is -2.53. The van der Waals surface area contributed by atoms with Crippen molar-refractivity contribution in [2.75, 3.05) is 24.5 Å². The van der Waals surface area contributed by atoms with Gasteiger partial charge in [-0.3, -0.25) is 14.6 Å². The number of rotatable bonds is 1. The van der Waals surface area contributed by atoms with Crippen molar-refractivity contribution in [2.45, 2.75) is 26.4 Å². The monoisotopic (exact) mass is 355 g/mol. The lowest BCUT2D eigenvalue weighted by Gasteiger charge is -2.34. The SMILES string of the molecule is CC(C)(C)OC(=O)N1CCN(c2ccc(Br)cn2)C(=O)C1. The van der Waals surface area contributed by atoms with Crippen molar-refractivity contribution in [2.24, 2.45) is 0 Å². The van der Waals surface area contributed by atoms with Gasteiger partial charge in [-0.1, -0.05) is 0 Å². The molecule has 1 fully saturated rings. The highest BCUT2D eigenvalue weighted by Crippen LogP contribution is 2.18. The summed E-state index contributed by atoms with van der Waals surface area (Å²) in [6.07, 6.45) is 1.18. The third-order valence-electron chi connectivity index (χ3n) is 2.86. The minimum absolute atomic E-state index is 0.00660. The molecular weight excluding hydrogens is 338 g/mol. The first kappa shape index (κ1) is 15.8. The average molecular weight is 356 g/mol. The van der Waals surface area contributed by atoms with Gasteiger partial charge in [-0.15, -0.1) is 0 Å². The molecular formula is C14H18BrN3O3.